The van der Waals surface area contributed by atoms with Crippen molar-refractivity contribution >= 4 is 16.5 Å². The van der Waals surface area contributed by atoms with Gasteiger partial charge in [0.2, 0.25) is 0 Å². The number of nitrogens with one attached hydrogen (secondary N) is 1. The van der Waals surface area contributed by atoms with Gasteiger partial charge in [0.05, 0.1) is 0 Å². The summed E-state index contributed by atoms with van der Waals surface area (Å²) in [6.45, 7) is 8.02. The Morgan fingerprint density at radius 3 is 2.45 bits per heavy atom. The van der Waals surface area contributed by atoms with Gasteiger partial charge >= 0.3 is 0 Å². The van der Waals surface area contributed by atoms with Gasteiger partial charge in [-0.1, -0.05) is 70.4 Å². The Morgan fingerprint density at radius 1 is 0.950 bits per heavy atom. The average molecular weight is 269 g/mol. The molecule has 0 fully saturated rings. The van der Waals surface area contributed by atoms with Gasteiger partial charge in [0, 0.05) is 12.2 Å². The van der Waals surface area contributed by atoms with E-state index in [2.05, 4.69) is 68.6 Å². The van der Waals surface area contributed by atoms with Crippen molar-refractivity contribution in [3.8, 4) is 0 Å². The number of anilines is 1. The standard InChI is InChI=1S/C19H27N/c1-4-5-8-13-19(2,3)15-20-18-12-11-16-9-6-7-10-17(16)14-18/h6-7,9-12,14,20H,4-5,8,13,15H2,1-3H3. The van der Waals surface area contributed by atoms with E-state index in [9.17, 15) is 0 Å². The maximum absolute atomic E-state index is 3.60. The molecule has 0 aliphatic rings. The quantitative estimate of drug-likeness (QED) is 0.621. The molecule has 108 valence electrons. The zero-order valence-corrected chi connectivity index (χ0v) is 13.1. The molecule has 0 atom stereocenters. The van der Waals surface area contributed by atoms with E-state index in [-0.39, 0.29) is 0 Å². The number of fused-ring (bicyclic) bond motifs is 1. The smallest absolute Gasteiger partial charge is 0.0346 e. The molecule has 0 radical (unpaired) electrons. The third kappa shape index (κ3) is 4.26. The van der Waals surface area contributed by atoms with Gasteiger partial charge in [0.15, 0.2) is 0 Å². The first-order valence-corrected chi connectivity index (χ1v) is 7.83. The molecule has 0 unspecified atom stereocenters. The Kier molecular flexibility index (Phi) is 5.05. The highest BCUT2D eigenvalue weighted by atomic mass is 14.9. The van der Waals surface area contributed by atoms with Crippen LogP contribution in [0.5, 0.6) is 0 Å². The first-order chi connectivity index (χ1) is 9.61. The normalized spacial score (nSPS) is 11.8. The molecule has 1 nitrogen and oxygen atoms in total. The first kappa shape index (κ1) is 14.9. The third-order valence-electron chi connectivity index (χ3n) is 3.98. The van der Waals surface area contributed by atoms with E-state index in [1.807, 2.05) is 0 Å². The second kappa shape index (κ2) is 6.78. The van der Waals surface area contributed by atoms with E-state index in [4.69, 9.17) is 0 Å². The maximum Gasteiger partial charge on any atom is 0.0346 e. The van der Waals surface area contributed by atoms with Crippen molar-refractivity contribution in [3.05, 3.63) is 42.5 Å². The molecule has 0 saturated carbocycles. The fourth-order valence-corrected chi connectivity index (χ4v) is 2.58. The van der Waals surface area contributed by atoms with Crippen LogP contribution in [-0.2, 0) is 0 Å². The molecular formula is C19H27N. The summed E-state index contributed by atoms with van der Waals surface area (Å²) in [6.07, 6.45) is 5.28. The van der Waals surface area contributed by atoms with E-state index in [0.717, 1.165) is 6.54 Å². The zero-order chi connectivity index (χ0) is 14.4. The summed E-state index contributed by atoms with van der Waals surface area (Å²) in [5.41, 5.74) is 1.59. The van der Waals surface area contributed by atoms with Crippen LogP contribution in [0.25, 0.3) is 10.8 Å². The van der Waals surface area contributed by atoms with Gasteiger partial charge in [-0.2, -0.15) is 0 Å². The second-order valence-corrected chi connectivity index (χ2v) is 6.54. The van der Waals surface area contributed by atoms with Crippen LogP contribution in [0.15, 0.2) is 42.5 Å². The fraction of sp³-hybridized carbons (Fsp3) is 0.474. The predicted molar refractivity (Wildman–Crippen MR) is 90.4 cm³/mol. The number of unbranched alkanes of at least 4 members (excludes halogenated alkanes) is 2. The molecule has 0 amide bonds. The summed E-state index contributed by atoms with van der Waals surface area (Å²) in [5.74, 6) is 0. The van der Waals surface area contributed by atoms with Crippen molar-refractivity contribution in [1.29, 1.82) is 0 Å². The number of benzene rings is 2. The number of hydrogen-bond acceptors (Lipinski definition) is 1. The van der Waals surface area contributed by atoms with E-state index in [1.165, 1.54) is 42.1 Å². The number of rotatable bonds is 7. The molecule has 0 aliphatic carbocycles. The van der Waals surface area contributed by atoms with E-state index >= 15 is 0 Å². The van der Waals surface area contributed by atoms with Crippen LogP contribution in [0.4, 0.5) is 5.69 Å². The molecule has 1 N–H and O–H groups in total. The maximum atomic E-state index is 3.60. The van der Waals surface area contributed by atoms with Crippen molar-refractivity contribution in [2.24, 2.45) is 5.41 Å². The van der Waals surface area contributed by atoms with Crippen molar-refractivity contribution in [2.45, 2.75) is 46.5 Å². The Morgan fingerprint density at radius 2 is 1.70 bits per heavy atom. The second-order valence-electron chi connectivity index (χ2n) is 6.54. The van der Waals surface area contributed by atoms with Gasteiger partial charge in [-0.25, -0.2) is 0 Å². The molecule has 2 aromatic rings. The summed E-state index contributed by atoms with van der Waals surface area (Å²) in [7, 11) is 0. The molecule has 0 spiro atoms. The Bertz CT molecular complexity index is 542. The van der Waals surface area contributed by atoms with Crippen LogP contribution >= 0.6 is 0 Å². The van der Waals surface area contributed by atoms with Crippen LogP contribution in [0.1, 0.15) is 46.5 Å². The topological polar surface area (TPSA) is 12.0 Å². The summed E-state index contributed by atoms with van der Waals surface area (Å²) in [4.78, 5) is 0. The highest BCUT2D eigenvalue weighted by Crippen LogP contribution is 2.25. The fourth-order valence-electron chi connectivity index (χ4n) is 2.58. The minimum Gasteiger partial charge on any atom is -0.384 e. The summed E-state index contributed by atoms with van der Waals surface area (Å²) in [6, 6.07) is 15.2. The average Bonchev–Trinajstić information content (AvgIpc) is 2.45. The van der Waals surface area contributed by atoms with E-state index < -0.39 is 0 Å². The van der Waals surface area contributed by atoms with Crippen molar-refractivity contribution in [2.75, 3.05) is 11.9 Å². The molecule has 0 aromatic heterocycles. The van der Waals surface area contributed by atoms with Crippen molar-refractivity contribution in [3.63, 3.8) is 0 Å². The van der Waals surface area contributed by atoms with Crippen LogP contribution < -0.4 is 5.32 Å². The highest BCUT2D eigenvalue weighted by molar-refractivity contribution is 5.85. The lowest BCUT2D eigenvalue weighted by Gasteiger charge is -2.25. The SMILES string of the molecule is CCCCCC(C)(C)CNc1ccc2ccccc2c1. The summed E-state index contributed by atoms with van der Waals surface area (Å²) < 4.78 is 0. The monoisotopic (exact) mass is 269 g/mol. The van der Waals surface area contributed by atoms with Gasteiger partial charge < -0.3 is 5.32 Å². The molecule has 20 heavy (non-hydrogen) atoms. The molecule has 2 aromatic carbocycles. The Labute approximate surface area is 123 Å². The lowest BCUT2D eigenvalue weighted by molar-refractivity contribution is 0.342. The summed E-state index contributed by atoms with van der Waals surface area (Å²) >= 11 is 0. The molecular weight excluding hydrogens is 242 g/mol. The van der Waals surface area contributed by atoms with Gasteiger partial charge in [-0.3, -0.25) is 0 Å². The van der Waals surface area contributed by atoms with E-state index in [0.29, 0.717) is 5.41 Å². The minimum absolute atomic E-state index is 0.362. The summed E-state index contributed by atoms with van der Waals surface area (Å²) in [5, 5.41) is 6.22. The Balaban J connectivity index is 1.94. The lowest BCUT2D eigenvalue weighted by atomic mass is 9.87. The molecule has 0 heterocycles. The largest absolute Gasteiger partial charge is 0.384 e. The molecule has 0 bridgehead atoms. The van der Waals surface area contributed by atoms with Crippen LogP contribution in [0.3, 0.4) is 0 Å². The van der Waals surface area contributed by atoms with Gasteiger partial charge in [0.25, 0.3) is 0 Å². The van der Waals surface area contributed by atoms with Crippen LogP contribution in [0, 0.1) is 5.41 Å². The molecule has 0 aliphatic heterocycles. The van der Waals surface area contributed by atoms with Crippen molar-refractivity contribution < 1.29 is 0 Å². The lowest BCUT2D eigenvalue weighted by Crippen LogP contribution is -2.23. The number of hydrogen-bond donors (Lipinski definition) is 1. The van der Waals surface area contributed by atoms with E-state index in [1.54, 1.807) is 0 Å². The molecule has 0 saturated heterocycles. The molecule has 1 heteroatoms. The molecule has 2 rings (SSSR count). The van der Waals surface area contributed by atoms with Gasteiger partial charge in [0.1, 0.15) is 0 Å². The van der Waals surface area contributed by atoms with Crippen LogP contribution in [0.2, 0.25) is 0 Å². The van der Waals surface area contributed by atoms with Crippen molar-refractivity contribution in [1.82, 2.24) is 0 Å². The minimum atomic E-state index is 0.362. The third-order valence-corrected chi connectivity index (χ3v) is 3.98. The predicted octanol–water partition coefficient (Wildman–Crippen LogP) is 5.86. The zero-order valence-electron chi connectivity index (χ0n) is 13.1. The Hall–Kier alpha value is -1.50. The van der Waals surface area contributed by atoms with Gasteiger partial charge in [-0.05, 0) is 34.7 Å². The highest BCUT2D eigenvalue weighted by Gasteiger charge is 2.16. The van der Waals surface area contributed by atoms with Crippen LogP contribution in [-0.4, -0.2) is 6.54 Å². The van der Waals surface area contributed by atoms with Gasteiger partial charge in [-0.15, -0.1) is 0 Å². The first-order valence-electron chi connectivity index (χ1n) is 7.83.